The van der Waals surface area contributed by atoms with Crippen LogP contribution >= 0.6 is 11.6 Å². The van der Waals surface area contributed by atoms with Gasteiger partial charge in [-0.05, 0) is 12.1 Å². The fourth-order valence-electron chi connectivity index (χ4n) is 1.89. The smallest absolute Gasteiger partial charge is 0.269 e. The number of anilines is 1. The molecule has 0 aliphatic rings. The highest BCUT2D eigenvalue weighted by molar-refractivity contribution is 7.92. The highest BCUT2D eigenvalue weighted by Gasteiger charge is 2.19. The first-order valence-corrected chi connectivity index (χ1v) is 8.33. The van der Waals surface area contributed by atoms with E-state index in [4.69, 9.17) is 21.1 Å². The number of nitrogens with zero attached hydrogens (tertiary/aromatic N) is 1. The van der Waals surface area contributed by atoms with Crippen LogP contribution in [0.2, 0.25) is 5.02 Å². The van der Waals surface area contributed by atoms with E-state index in [0.29, 0.717) is 0 Å². The summed E-state index contributed by atoms with van der Waals surface area (Å²) in [5, 5.41) is 10.9. The van der Waals surface area contributed by atoms with Gasteiger partial charge in [0, 0.05) is 24.3 Å². The lowest BCUT2D eigenvalue weighted by Gasteiger charge is -2.14. The third kappa shape index (κ3) is 3.69. The predicted molar refractivity (Wildman–Crippen MR) is 88.5 cm³/mol. The zero-order valence-electron chi connectivity index (χ0n) is 12.6. The maximum atomic E-state index is 12.4. The van der Waals surface area contributed by atoms with Crippen LogP contribution in [0.1, 0.15) is 0 Å². The Morgan fingerprint density at radius 3 is 2.17 bits per heavy atom. The largest absolute Gasteiger partial charge is 0.495 e. The minimum Gasteiger partial charge on any atom is -0.495 e. The average Bonchev–Trinajstić information content (AvgIpc) is 2.55. The number of methoxy groups -OCH3 is 2. The van der Waals surface area contributed by atoms with Crippen LogP contribution in [0.15, 0.2) is 41.3 Å². The van der Waals surface area contributed by atoms with Crippen molar-refractivity contribution in [3.63, 3.8) is 0 Å². The summed E-state index contributed by atoms with van der Waals surface area (Å²) in [5.41, 5.74) is -0.0863. The van der Waals surface area contributed by atoms with Gasteiger partial charge in [0.05, 0.1) is 34.7 Å². The van der Waals surface area contributed by atoms with Gasteiger partial charge in [-0.2, -0.15) is 0 Å². The van der Waals surface area contributed by atoms with Crippen molar-refractivity contribution in [3.05, 3.63) is 51.5 Å². The van der Waals surface area contributed by atoms with Crippen LogP contribution in [0.4, 0.5) is 11.4 Å². The highest BCUT2D eigenvalue weighted by Crippen LogP contribution is 2.36. The van der Waals surface area contributed by atoms with Crippen LogP contribution in [0.25, 0.3) is 0 Å². The number of rotatable bonds is 6. The molecule has 0 amide bonds. The maximum Gasteiger partial charge on any atom is 0.269 e. The van der Waals surface area contributed by atoms with Gasteiger partial charge in [0.15, 0.2) is 0 Å². The van der Waals surface area contributed by atoms with E-state index in [1.165, 1.54) is 26.4 Å². The Morgan fingerprint density at radius 2 is 1.67 bits per heavy atom. The van der Waals surface area contributed by atoms with Crippen LogP contribution in [0.5, 0.6) is 11.5 Å². The molecule has 0 saturated carbocycles. The first-order chi connectivity index (χ1) is 11.3. The molecule has 2 rings (SSSR count). The third-order valence-corrected chi connectivity index (χ3v) is 4.75. The minimum absolute atomic E-state index is 0.122. The van der Waals surface area contributed by atoms with Gasteiger partial charge in [0.2, 0.25) is 0 Å². The lowest BCUT2D eigenvalue weighted by Crippen LogP contribution is -2.13. The van der Waals surface area contributed by atoms with E-state index >= 15 is 0 Å². The number of hydrogen-bond donors (Lipinski definition) is 1. The molecule has 0 aliphatic carbocycles. The number of hydrogen-bond acceptors (Lipinski definition) is 6. The molecule has 0 fully saturated rings. The summed E-state index contributed by atoms with van der Waals surface area (Å²) in [4.78, 5) is 9.89. The van der Waals surface area contributed by atoms with Crippen molar-refractivity contribution in [2.24, 2.45) is 0 Å². The Bertz CT molecular complexity index is 868. The van der Waals surface area contributed by atoms with E-state index < -0.39 is 14.9 Å². The van der Waals surface area contributed by atoms with Gasteiger partial charge in [0.1, 0.15) is 11.5 Å². The Balaban J connectivity index is 2.40. The van der Waals surface area contributed by atoms with Crippen LogP contribution in [0.3, 0.4) is 0 Å². The number of halogens is 1. The van der Waals surface area contributed by atoms with E-state index in [1.807, 2.05) is 0 Å². The number of nitro benzene ring substituents is 1. The summed E-state index contributed by atoms with van der Waals surface area (Å²) in [6.07, 6.45) is 0. The summed E-state index contributed by atoms with van der Waals surface area (Å²) < 4.78 is 37.3. The fraction of sp³-hybridized carbons (Fsp3) is 0.143. The van der Waals surface area contributed by atoms with Gasteiger partial charge in [-0.1, -0.05) is 11.6 Å². The molecular weight excluding hydrogens is 360 g/mol. The Morgan fingerprint density at radius 1 is 1.08 bits per heavy atom. The Labute approximate surface area is 143 Å². The zero-order chi connectivity index (χ0) is 17.9. The molecule has 8 nitrogen and oxygen atoms in total. The fourth-order valence-corrected chi connectivity index (χ4v) is 3.18. The lowest BCUT2D eigenvalue weighted by atomic mass is 10.3. The molecule has 24 heavy (non-hydrogen) atoms. The van der Waals surface area contributed by atoms with Gasteiger partial charge in [-0.15, -0.1) is 0 Å². The van der Waals surface area contributed by atoms with Crippen molar-refractivity contribution >= 4 is 33.0 Å². The molecule has 0 saturated heterocycles. The Kier molecular flexibility index (Phi) is 5.15. The second kappa shape index (κ2) is 6.93. The summed E-state index contributed by atoms with van der Waals surface area (Å²) in [6, 6.07) is 7.28. The number of non-ortho nitro benzene ring substituents is 1. The monoisotopic (exact) mass is 372 g/mol. The van der Waals surface area contributed by atoms with E-state index in [9.17, 15) is 18.5 Å². The van der Waals surface area contributed by atoms with Crippen LogP contribution in [0, 0.1) is 10.1 Å². The summed E-state index contributed by atoms with van der Waals surface area (Å²) in [5.74, 6) is 0.463. The van der Waals surface area contributed by atoms with Crippen molar-refractivity contribution in [1.29, 1.82) is 0 Å². The molecule has 0 heterocycles. The molecule has 0 aliphatic heterocycles. The predicted octanol–water partition coefficient (Wildman–Crippen LogP) is 3.07. The lowest BCUT2D eigenvalue weighted by molar-refractivity contribution is -0.384. The van der Waals surface area contributed by atoms with E-state index in [0.717, 1.165) is 24.3 Å². The Hall–Kier alpha value is -2.52. The molecule has 10 heteroatoms. The van der Waals surface area contributed by atoms with Crippen molar-refractivity contribution in [3.8, 4) is 11.5 Å². The van der Waals surface area contributed by atoms with E-state index in [-0.39, 0.29) is 32.8 Å². The van der Waals surface area contributed by atoms with Gasteiger partial charge in [-0.3, -0.25) is 14.8 Å². The third-order valence-electron chi connectivity index (χ3n) is 3.08. The number of ether oxygens (including phenoxy) is 2. The molecule has 0 aromatic heterocycles. The number of sulfonamides is 1. The van der Waals surface area contributed by atoms with Gasteiger partial charge in [0.25, 0.3) is 15.7 Å². The van der Waals surface area contributed by atoms with Crippen LogP contribution in [-0.2, 0) is 10.0 Å². The molecular formula is C14H13ClN2O6S. The van der Waals surface area contributed by atoms with Gasteiger partial charge in [-0.25, -0.2) is 8.42 Å². The van der Waals surface area contributed by atoms with Crippen molar-refractivity contribution in [2.75, 3.05) is 18.9 Å². The van der Waals surface area contributed by atoms with Gasteiger partial charge < -0.3 is 9.47 Å². The SMILES string of the molecule is COc1cc(NS(=O)(=O)c2ccc([N+](=O)[O-])cc2)c(OC)cc1Cl. The maximum absolute atomic E-state index is 12.4. The van der Waals surface area contributed by atoms with E-state index in [2.05, 4.69) is 4.72 Å². The number of benzene rings is 2. The molecule has 0 unspecified atom stereocenters. The van der Waals surface area contributed by atoms with E-state index in [1.54, 1.807) is 0 Å². The molecule has 1 N–H and O–H groups in total. The summed E-state index contributed by atoms with van der Waals surface area (Å²) in [6.45, 7) is 0. The molecule has 0 radical (unpaired) electrons. The first-order valence-electron chi connectivity index (χ1n) is 6.47. The number of nitrogens with one attached hydrogen (secondary N) is 1. The quantitative estimate of drug-likeness (QED) is 0.616. The minimum atomic E-state index is -3.98. The van der Waals surface area contributed by atoms with Crippen molar-refractivity contribution in [2.45, 2.75) is 4.90 Å². The normalized spacial score (nSPS) is 11.0. The summed E-state index contributed by atoms with van der Waals surface area (Å²) in [7, 11) is -1.22. The zero-order valence-corrected chi connectivity index (χ0v) is 14.2. The standard InChI is InChI=1S/C14H13ClN2O6S/c1-22-13-8-12(14(23-2)7-11(13)15)16-24(20,21)10-5-3-9(4-6-10)17(18)19/h3-8,16H,1-2H3. The first kappa shape index (κ1) is 17.8. The second-order valence-electron chi connectivity index (χ2n) is 4.54. The van der Waals surface area contributed by atoms with Crippen molar-refractivity contribution < 1.29 is 22.8 Å². The summed E-state index contributed by atoms with van der Waals surface area (Å²) >= 11 is 5.97. The molecule has 0 spiro atoms. The topological polar surface area (TPSA) is 108 Å². The molecule has 2 aromatic carbocycles. The average molecular weight is 373 g/mol. The van der Waals surface area contributed by atoms with Crippen molar-refractivity contribution in [1.82, 2.24) is 0 Å². The van der Waals surface area contributed by atoms with Crippen LogP contribution in [-0.4, -0.2) is 27.6 Å². The molecule has 128 valence electrons. The molecule has 0 atom stereocenters. The molecule has 2 aromatic rings. The van der Waals surface area contributed by atoms with Crippen LogP contribution < -0.4 is 14.2 Å². The van der Waals surface area contributed by atoms with Gasteiger partial charge >= 0.3 is 0 Å². The number of nitro groups is 1. The second-order valence-corrected chi connectivity index (χ2v) is 6.63. The molecule has 0 bridgehead atoms. The highest BCUT2D eigenvalue weighted by atomic mass is 35.5.